The smallest absolute Gasteiger partial charge is 0.238 e. The first-order valence-corrected chi connectivity index (χ1v) is 33.1. The molecule has 0 radical (unpaired) electrons. The van der Waals surface area contributed by atoms with Crippen molar-refractivity contribution in [3.63, 3.8) is 0 Å². The van der Waals surface area contributed by atoms with Crippen molar-refractivity contribution in [1.82, 2.24) is 48.6 Å². The summed E-state index contributed by atoms with van der Waals surface area (Å²) in [4.78, 5) is 32.4. The maximum Gasteiger partial charge on any atom is 0.238 e. The summed E-state index contributed by atoms with van der Waals surface area (Å²) < 4.78 is 7.63. The van der Waals surface area contributed by atoms with Gasteiger partial charge in [0, 0.05) is 93.0 Å². The van der Waals surface area contributed by atoms with Gasteiger partial charge in [0.1, 0.15) is 0 Å². The third kappa shape index (κ3) is 10.0. The van der Waals surface area contributed by atoms with Crippen LogP contribution in [-0.4, -0.2) is 48.6 Å². The summed E-state index contributed by atoms with van der Waals surface area (Å²) >= 11 is 3.35. The molecule has 20 aromatic rings. The van der Waals surface area contributed by atoms with Crippen LogP contribution in [0.2, 0.25) is 0 Å². The number of hydrogen-bond acceptors (Lipinski definition) is 6. The van der Waals surface area contributed by atoms with Crippen LogP contribution in [-0.2, 0) is 0 Å². The molecule has 11 heteroatoms. The molecule has 0 saturated carbocycles. The molecule has 0 saturated heterocycles. The number of H-pyrrole nitrogens is 1. The lowest BCUT2D eigenvalue weighted by Crippen LogP contribution is -2.06. The molecule has 464 valence electrons. The molecule has 98 heavy (non-hydrogen) atoms. The van der Waals surface area contributed by atoms with E-state index in [2.05, 4.69) is 280 Å². The maximum atomic E-state index is 5.24. The molecular weight excluding hydrogens is 1260 g/mol. The summed E-state index contributed by atoms with van der Waals surface area (Å²) in [5, 5.41) is 14.8. The molecule has 0 unspecified atom stereocenters. The zero-order chi connectivity index (χ0) is 64.3. The topological polar surface area (TPSA) is 108 Å². The van der Waals surface area contributed by atoms with Gasteiger partial charge >= 0.3 is 0 Å². The lowest BCUT2D eigenvalue weighted by molar-refractivity contribution is 0.955. The van der Waals surface area contributed by atoms with Crippen LogP contribution in [0.3, 0.4) is 0 Å². The second-order valence-electron chi connectivity index (χ2n) is 23.9. The number of aromatic amines is 1. The number of rotatable bonds is 7. The Kier molecular flexibility index (Phi) is 15.0. The van der Waals surface area contributed by atoms with Crippen molar-refractivity contribution in [2.75, 3.05) is 0 Å². The molecule has 0 spiro atoms. The Morgan fingerprint density at radius 1 is 0.245 bits per heavy atom. The third-order valence-electron chi connectivity index (χ3n) is 18.3. The minimum Gasteiger partial charge on any atom is -0.354 e. The van der Waals surface area contributed by atoms with Crippen molar-refractivity contribution in [2.24, 2.45) is 0 Å². The van der Waals surface area contributed by atoms with E-state index in [1.807, 2.05) is 97.1 Å². The van der Waals surface area contributed by atoms with Crippen molar-refractivity contribution >= 4 is 125 Å². The van der Waals surface area contributed by atoms with Crippen LogP contribution in [0.15, 0.2) is 332 Å². The molecule has 0 bridgehead atoms. The second kappa shape index (κ2) is 24.9. The van der Waals surface area contributed by atoms with Crippen molar-refractivity contribution in [3.05, 3.63) is 332 Å². The van der Waals surface area contributed by atoms with Crippen LogP contribution in [0.25, 0.3) is 172 Å². The summed E-state index contributed by atoms with van der Waals surface area (Å²) in [6.07, 6.45) is 0. The first kappa shape index (κ1) is 59.1. The molecule has 20 rings (SSSR count). The van der Waals surface area contributed by atoms with E-state index in [0.717, 1.165) is 55.4 Å². The zero-order valence-corrected chi connectivity index (χ0v) is 53.7. The molecule has 10 nitrogen and oxygen atoms in total. The summed E-state index contributed by atoms with van der Waals surface area (Å²) in [5.74, 6) is 3.19. The van der Waals surface area contributed by atoms with E-state index >= 15 is 0 Å². The van der Waals surface area contributed by atoms with Crippen LogP contribution in [0.5, 0.6) is 0 Å². The van der Waals surface area contributed by atoms with Crippen LogP contribution in [0.4, 0.5) is 0 Å². The summed E-state index contributed by atoms with van der Waals surface area (Å²) in [6, 6.07) is 114. The SMILES string of the molecule is Brc1nc(-c2ccccc2)nc(-c2ccccc2)n1.C.c1ccc(-c2nc(-c3ccccc3)nc(-n3c4ccccc4c4c5ccccc5c5c(c6ccccc6n5-c5ccccc5)c43)n2)cc1.c1ccc(-n2c3ccccc3c3c4[nH]c5ccccc5c4c4ccccc4c32)cc1. The Morgan fingerprint density at radius 3 is 1.01 bits per heavy atom. The molecular formula is C87H59BrN10. The van der Waals surface area contributed by atoms with E-state index in [0.29, 0.717) is 34.0 Å². The van der Waals surface area contributed by atoms with Gasteiger partial charge in [0.2, 0.25) is 10.7 Å². The first-order valence-electron chi connectivity index (χ1n) is 32.3. The van der Waals surface area contributed by atoms with Gasteiger partial charge in [-0.3, -0.25) is 4.57 Å². The fraction of sp³-hybridized carbons (Fsp3) is 0.0115. The standard InChI is InChI=1S/C43H27N5.C28H18N2.C15H10BrN3.CH4/c1-4-16-28(17-5-1)41-44-42(29-18-6-2-7-19-29)46-43(45-41)48-36-27-15-12-24-33(36)37-31-22-10-11-23-32(31)39-38(40(37)48)34-25-13-14-26-35(34)47(39)30-20-8-3-9-21-30;1-2-10-18(11-3-1)30-24-17-9-7-15-22(24)26-27-25(21-14-6-8-16-23(21)29-27)19-12-4-5-13-20(19)28(26)30;16-15-18-13(11-7-3-1-4-8-11)17-14(19-15)12-9-5-2-6-10-12;/h1-27H;1-17,29H;1-10H;1H4. The molecule has 0 atom stereocenters. The van der Waals surface area contributed by atoms with E-state index in [1.165, 1.54) is 87.0 Å². The van der Waals surface area contributed by atoms with Gasteiger partial charge in [-0.2, -0.15) is 9.97 Å². The van der Waals surface area contributed by atoms with Crippen molar-refractivity contribution in [1.29, 1.82) is 0 Å². The number of halogens is 1. The van der Waals surface area contributed by atoms with E-state index < -0.39 is 0 Å². The number of hydrogen-bond donors (Lipinski definition) is 1. The highest BCUT2D eigenvalue weighted by molar-refractivity contribution is 9.10. The van der Waals surface area contributed by atoms with E-state index in [-0.39, 0.29) is 7.43 Å². The fourth-order valence-electron chi connectivity index (χ4n) is 14.2. The Morgan fingerprint density at radius 2 is 0.561 bits per heavy atom. The Balaban J connectivity index is 0.000000123. The van der Waals surface area contributed by atoms with Crippen molar-refractivity contribution in [3.8, 4) is 62.9 Å². The average molecular weight is 1320 g/mol. The number of para-hydroxylation sites is 6. The van der Waals surface area contributed by atoms with Crippen molar-refractivity contribution in [2.45, 2.75) is 7.43 Å². The Bertz CT molecular complexity index is 6250. The molecule has 6 aromatic heterocycles. The van der Waals surface area contributed by atoms with E-state index in [9.17, 15) is 0 Å². The van der Waals surface area contributed by atoms with Crippen LogP contribution >= 0.6 is 15.9 Å². The number of benzene rings is 14. The molecule has 14 aromatic carbocycles. The van der Waals surface area contributed by atoms with Crippen LogP contribution in [0.1, 0.15) is 7.43 Å². The number of aromatic nitrogens is 10. The fourth-order valence-corrected chi connectivity index (χ4v) is 14.6. The average Bonchev–Trinajstić information content (AvgIpc) is 1.53. The predicted molar refractivity (Wildman–Crippen MR) is 410 cm³/mol. The van der Waals surface area contributed by atoms with Gasteiger partial charge in [-0.1, -0.05) is 286 Å². The summed E-state index contributed by atoms with van der Waals surface area (Å²) in [5.41, 5.74) is 15.5. The van der Waals surface area contributed by atoms with Gasteiger partial charge in [-0.15, -0.1) is 0 Å². The normalized spacial score (nSPS) is 11.4. The molecule has 0 aliphatic heterocycles. The molecule has 0 aliphatic carbocycles. The predicted octanol–water partition coefficient (Wildman–Crippen LogP) is 22.7. The summed E-state index contributed by atoms with van der Waals surface area (Å²) in [7, 11) is 0. The highest BCUT2D eigenvalue weighted by Gasteiger charge is 2.27. The van der Waals surface area contributed by atoms with Crippen LogP contribution < -0.4 is 0 Å². The van der Waals surface area contributed by atoms with E-state index in [4.69, 9.17) is 15.0 Å². The summed E-state index contributed by atoms with van der Waals surface area (Å²) in [6.45, 7) is 0. The second-order valence-corrected chi connectivity index (χ2v) is 24.6. The Hall–Kier alpha value is -12.7. The minimum atomic E-state index is 0. The quantitative estimate of drug-likeness (QED) is 0.170. The highest BCUT2D eigenvalue weighted by Crippen LogP contribution is 2.48. The number of fused-ring (bicyclic) bond motifs is 20. The zero-order valence-electron chi connectivity index (χ0n) is 52.1. The van der Waals surface area contributed by atoms with Crippen molar-refractivity contribution < 1.29 is 0 Å². The molecule has 0 amide bonds. The lowest BCUT2D eigenvalue weighted by Gasteiger charge is -2.13. The molecule has 1 N–H and O–H groups in total. The van der Waals surface area contributed by atoms with Crippen LogP contribution in [0, 0.1) is 0 Å². The maximum absolute atomic E-state index is 5.24. The van der Waals surface area contributed by atoms with Gasteiger partial charge in [0.25, 0.3) is 0 Å². The van der Waals surface area contributed by atoms with E-state index in [1.54, 1.807) is 0 Å². The van der Waals surface area contributed by atoms with Gasteiger partial charge < -0.3 is 14.1 Å². The van der Waals surface area contributed by atoms with Gasteiger partial charge in [0.15, 0.2) is 23.3 Å². The molecule has 0 fully saturated rings. The molecule has 0 aliphatic rings. The first-order chi connectivity index (χ1) is 48.1. The largest absolute Gasteiger partial charge is 0.354 e. The highest BCUT2D eigenvalue weighted by atomic mass is 79.9. The molecule has 6 heterocycles. The Labute approximate surface area is 572 Å². The number of nitrogens with zero attached hydrogens (tertiary/aromatic N) is 9. The minimum absolute atomic E-state index is 0. The lowest BCUT2D eigenvalue weighted by atomic mass is 9.99. The van der Waals surface area contributed by atoms with Gasteiger partial charge in [-0.05, 0) is 75.2 Å². The number of nitrogens with one attached hydrogen (secondary N) is 1. The van der Waals surface area contributed by atoms with Gasteiger partial charge in [-0.25, -0.2) is 19.9 Å². The van der Waals surface area contributed by atoms with Gasteiger partial charge in [0.05, 0.1) is 38.6 Å². The third-order valence-corrected chi connectivity index (χ3v) is 18.7. The monoisotopic (exact) mass is 1320 g/mol.